The van der Waals surface area contributed by atoms with E-state index in [2.05, 4.69) is 33.4 Å². The SMILES string of the molecule is C=C1C2=C[C@H](O)[C@@H](C)[C@]1(C)CC/C(C)=C/CC[C@@]1(C)O[C@@H]1C2=O. The second kappa shape index (κ2) is 5.42. The van der Waals surface area contributed by atoms with Crippen molar-refractivity contribution in [2.45, 2.75) is 71.2 Å². The van der Waals surface area contributed by atoms with Gasteiger partial charge in [-0.15, -0.1) is 0 Å². The van der Waals surface area contributed by atoms with Gasteiger partial charge in [-0.25, -0.2) is 0 Å². The first-order valence-electron chi connectivity index (χ1n) is 8.66. The van der Waals surface area contributed by atoms with Crippen LogP contribution in [0.1, 0.15) is 53.4 Å². The molecule has 2 bridgehead atoms. The largest absolute Gasteiger partial charge is 0.389 e. The van der Waals surface area contributed by atoms with Crippen LogP contribution in [0.25, 0.3) is 0 Å². The minimum atomic E-state index is -0.610. The molecule has 0 spiro atoms. The Bertz CT molecular complexity index is 614. The number of carbonyl (C=O) groups is 1. The van der Waals surface area contributed by atoms with Crippen molar-refractivity contribution < 1.29 is 14.6 Å². The fourth-order valence-electron chi connectivity index (χ4n) is 4.05. The van der Waals surface area contributed by atoms with Gasteiger partial charge in [-0.05, 0) is 62.5 Å². The number of aliphatic hydroxyl groups is 1. The van der Waals surface area contributed by atoms with Crippen LogP contribution in [0.5, 0.6) is 0 Å². The Morgan fingerprint density at radius 2 is 2.04 bits per heavy atom. The van der Waals surface area contributed by atoms with E-state index < -0.39 is 6.10 Å². The van der Waals surface area contributed by atoms with Gasteiger partial charge < -0.3 is 9.84 Å². The van der Waals surface area contributed by atoms with Crippen molar-refractivity contribution in [3.8, 4) is 0 Å². The van der Waals surface area contributed by atoms with Crippen LogP contribution in [0, 0.1) is 11.3 Å². The van der Waals surface area contributed by atoms with E-state index in [0.717, 1.165) is 31.3 Å². The zero-order valence-corrected chi connectivity index (χ0v) is 14.7. The van der Waals surface area contributed by atoms with Crippen molar-refractivity contribution in [1.29, 1.82) is 0 Å². The van der Waals surface area contributed by atoms with Gasteiger partial charge in [0.1, 0.15) is 11.7 Å². The van der Waals surface area contributed by atoms with E-state index in [-0.39, 0.29) is 28.8 Å². The third-order valence-electron chi connectivity index (χ3n) is 6.43. The number of aliphatic hydroxyl groups excluding tert-OH is 1. The zero-order chi connectivity index (χ0) is 17.0. The molecule has 3 aliphatic rings. The van der Waals surface area contributed by atoms with Gasteiger partial charge in [0.05, 0.1) is 6.10 Å². The minimum Gasteiger partial charge on any atom is -0.389 e. The van der Waals surface area contributed by atoms with Crippen molar-refractivity contribution in [2.75, 3.05) is 0 Å². The lowest BCUT2D eigenvalue weighted by molar-refractivity contribution is -0.117. The Labute approximate surface area is 139 Å². The monoisotopic (exact) mass is 316 g/mol. The maximum atomic E-state index is 12.9. The summed E-state index contributed by atoms with van der Waals surface area (Å²) in [6, 6.07) is 0. The smallest absolute Gasteiger partial charge is 0.194 e. The number of hydrogen-bond donors (Lipinski definition) is 1. The van der Waals surface area contributed by atoms with Crippen LogP contribution < -0.4 is 0 Å². The summed E-state index contributed by atoms with van der Waals surface area (Å²) < 4.78 is 5.76. The van der Waals surface area contributed by atoms with Gasteiger partial charge in [-0.1, -0.05) is 32.1 Å². The quantitative estimate of drug-likeness (QED) is 0.547. The maximum absolute atomic E-state index is 12.9. The average Bonchev–Trinajstić information content (AvgIpc) is 3.17. The molecule has 0 radical (unpaired) electrons. The van der Waals surface area contributed by atoms with Crippen molar-refractivity contribution in [3.63, 3.8) is 0 Å². The molecule has 1 N–H and O–H groups in total. The Balaban J connectivity index is 2.03. The summed E-state index contributed by atoms with van der Waals surface area (Å²) in [4.78, 5) is 12.9. The normalized spacial score (nSPS) is 46.7. The summed E-state index contributed by atoms with van der Waals surface area (Å²) in [6.45, 7) is 12.6. The Morgan fingerprint density at radius 1 is 1.35 bits per heavy atom. The molecule has 3 heteroatoms. The van der Waals surface area contributed by atoms with Crippen molar-refractivity contribution >= 4 is 5.78 Å². The standard InChI is InChI=1S/C20H28O3/c1-12-7-6-9-20(5)18(23-20)17(22)15-11-16(21)14(3)19(4,10-8-12)13(15)2/h7,11,14,16,18,21H,2,6,8-10H2,1,3-5H3/b12-7+/t14-,16+,18-,19-,20-/m1/s1. The molecule has 0 unspecified atom stereocenters. The highest BCUT2D eigenvalue weighted by atomic mass is 16.6. The van der Waals surface area contributed by atoms with E-state index >= 15 is 0 Å². The molecule has 1 heterocycles. The number of fused-ring (bicyclic) bond motifs is 3. The lowest BCUT2D eigenvalue weighted by Crippen LogP contribution is -2.41. The van der Waals surface area contributed by atoms with E-state index in [9.17, 15) is 9.90 Å². The van der Waals surface area contributed by atoms with Gasteiger partial charge in [-0.3, -0.25) is 4.79 Å². The Kier molecular flexibility index (Phi) is 3.93. The lowest BCUT2D eigenvalue weighted by Gasteiger charge is -2.44. The van der Waals surface area contributed by atoms with E-state index in [1.165, 1.54) is 5.57 Å². The molecule has 2 aliphatic carbocycles. The molecule has 1 fully saturated rings. The molecule has 0 amide bonds. The molecule has 3 rings (SSSR count). The highest BCUT2D eigenvalue weighted by molar-refractivity contribution is 6.05. The number of epoxide rings is 1. The summed E-state index contributed by atoms with van der Waals surface area (Å²) >= 11 is 0. The first-order chi connectivity index (χ1) is 10.7. The molecule has 1 aliphatic heterocycles. The second-order valence-corrected chi connectivity index (χ2v) is 8.02. The van der Waals surface area contributed by atoms with Crippen molar-refractivity contribution in [2.24, 2.45) is 11.3 Å². The third kappa shape index (κ3) is 2.64. The molecule has 3 nitrogen and oxygen atoms in total. The van der Waals surface area contributed by atoms with Crippen LogP contribution in [0.2, 0.25) is 0 Å². The summed E-state index contributed by atoms with van der Waals surface area (Å²) in [5.41, 5.74) is 2.20. The minimum absolute atomic E-state index is 0.00375. The summed E-state index contributed by atoms with van der Waals surface area (Å²) in [7, 11) is 0. The topological polar surface area (TPSA) is 49.8 Å². The number of hydrogen-bond acceptors (Lipinski definition) is 3. The molecule has 1 saturated heterocycles. The van der Waals surface area contributed by atoms with Gasteiger partial charge in [-0.2, -0.15) is 0 Å². The van der Waals surface area contributed by atoms with E-state index in [1.807, 2.05) is 6.92 Å². The first-order valence-corrected chi connectivity index (χ1v) is 8.66. The van der Waals surface area contributed by atoms with Crippen LogP contribution in [0.15, 0.2) is 35.5 Å². The average molecular weight is 316 g/mol. The molecule has 126 valence electrons. The fourth-order valence-corrected chi connectivity index (χ4v) is 4.05. The highest BCUT2D eigenvalue weighted by Crippen LogP contribution is 2.51. The van der Waals surface area contributed by atoms with Gasteiger partial charge in [0.25, 0.3) is 0 Å². The Morgan fingerprint density at radius 3 is 2.74 bits per heavy atom. The van der Waals surface area contributed by atoms with Crippen LogP contribution in [0.4, 0.5) is 0 Å². The number of Topliss-reactive ketones (excluding diaryl/α,β-unsaturated/α-hetero) is 1. The summed E-state index contributed by atoms with van der Waals surface area (Å²) in [6.07, 6.45) is 6.65. The van der Waals surface area contributed by atoms with Gasteiger partial charge >= 0.3 is 0 Å². The number of rotatable bonds is 0. The fraction of sp³-hybridized carbons (Fsp3) is 0.650. The van der Waals surface area contributed by atoms with Crippen LogP contribution in [-0.2, 0) is 9.53 Å². The summed E-state index contributed by atoms with van der Waals surface area (Å²) in [5, 5.41) is 10.5. The van der Waals surface area contributed by atoms with Gasteiger partial charge in [0.2, 0.25) is 0 Å². The molecule has 0 saturated carbocycles. The van der Waals surface area contributed by atoms with E-state index in [4.69, 9.17) is 4.74 Å². The predicted octanol–water partition coefficient (Wildman–Crippen LogP) is 3.73. The van der Waals surface area contributed by atoms with E-state index in [1.54, 1.807) is 6.08 Å². The van der Waals surface area contributed by atoms with Crippen LogP contribution >= 0.6 is 0 Å². The number of carbonyl (C=O) groups excluding carboxylic acids is 1. The molecule has 0 aromatic rings. The zero-order valence-electron chi connectivity index (χ0n) is 14.7. The molecular weight excluding hydrogens is 288 g/mol. The first kappa shape index (κ1) is 16.7. The molecule has 23 heavy (non-hydrogen) atoms. The van der Waals surface area contributed by atoms with Crippen LogP contribution in [-0.4, -0.2) is 28.7 Å². The Hall–Kier alpha value is -1.19. The number of ketones is 1. The third-order valence-corrected chi connectivity index (χ3v) is 6.43. The van der Waals surface area contributed by atoms with E-state index in [0.29, 0.717) is 5.57 Å². The highest BCUT2D eigenvalue weighted by Gasteiger charge is 2.58. The summed E-state index contributed by atoms with van der Waals surface area (Å²) in [5.74, 6) is 0.0461. The molecule has 0 aromatic carbocycles. The van der Waals surface area contributed by atoms with Crippen LogP contribution in [0.3, 0.4) is 0 Å². The maximum Gasteiger partial charge on any atom is 0.194 e. The number of ether oxygens (including phenoxy) is 1. The van der Waals surface area contributed by atoms with Crippen molar-refractivity contribution in [3.05, 3.63) is 35.5 Å². The number of allylic oxidation sites excluding steroid dienone is 3. The van der Waals surface area contributed by atoms with Crippen molar-refractivity contribution in [1.82, 2.24) is 0 Å². The van der Waals surface area contributed by atoms with Gasteiger partial charge in [0.15, 0.2) is 5.78 Å². The molecular formula is C20H28O3. The van der Waals surface area contributed by atoms with Gasteiger partial charge in [0, 0.05) is 5.57 Å². The molecule has 5 atom stereocenters. The lowest BCUT2D eigenvalue weighted by atomic mass is 9.61. The second-order valence-electron chi connectivity index (χ2n) is 8.02. The predicted molar refractivity (Wildman–Crippen MR) is 91.0 cm³/mol. The molecule has 0 aromatic heterocycles.